The van der Waals surface area contributed by atoms with E-state index in [1.54, 1.807) is 0 Å². The number of aryl methyl sites for hydroxylation is 1. The molecule has 9 nitrogen and oxygen atoms in total. The van der Waals surface area contributed by atoms with Crippen molar-refractivity contribution in [2.75, 3.05) is 12.3 Å². The predicted molar refractivity (Wildman–Crippen MR) is 125 cm³/mol. The fraction of sp³-hybridized carbons (Fsp3) is 0.360. The van der Waals surface area contributed by atoms with Crippen molar-refractivity contribution in [3.63, 3.8) is 0 Å². The average molecular weight is 460 g/mol. The minimum Gasteiger partial charge on any atom is -0.484 e. The quantitative estimate of drug-likeness (QED) is 0.421. The molecule has 4 heterocycles. The van der Waals surface area contributed by atoms with Crippen molar-refractivity contribution in [1.29, 1.82) is 0 Å². The van der Waals surface area contributed by atoms with Crippen LogP contribution in [-0.4, -0.2) is 54.3 Å². The summed E-state index contributed by atoms with van der Waals surface area (Å²) in [6.07, 6.45) is 3.95. The molecule has 0 bridgehead atoms. The van der Waals surface area contributed by atoms with E-state index in [9.17, 15) is 15.0 Å². The van der Waals surface area contributed by atoms with E-state index in [4.69, 9.17) is 10.5 Å². The number of hydrogen-bond donors (Lipinski definition) is 3. The van der Waals surface area contributed by atoms with Crippen molar-refractivity contribution >= 4 is 33.5 Å². The molecule has 0 saturated heterocycles. The molecule has 3 aromatic heterocycles. The number of carbonyl (C=O) groups is 1. The van der Waals surface area contributed by atoms with E-state index in [1.165, 1.54) is 6.33 Å². The van der Waals surface area contributed by atoms with E-state index in [0.29, 0.717) is 35.8 Å². The van der Waals surface area contributed by atoms with Crippen LogP contribution < -0.4 is 10.5 Å². The van der Waals surface area contributed by atoms with Gasteiger partial charge < -0.3 is 25.3 Å². The molecule has 2 aliphatic rings. The van der Waals surface area contributed by atoms with Gasteiger partial charge in [0, 0.05) is 11.6 Å². The van der Waals surface area contributed by atoms with Crippen molar-refractivity contribution in [1.82, 2.24) is 19.5 Å². The van der Waals surface area contributed by atoms with Crippen molar-refractivity contribution < 1.29 is 19.7 Å². The molecule has 174 valence electrons. The Hall–Kier alpha value is -3.56. The maximum absolute atomic E-state index is 11.7. The summed E-state index contributed by atoms with van der Waals surface area (Å²) >= 11 is 0. The minimum absolute atomic E-state index is 0.0310. The first-order valence-electron chi connectivity index (χ1n) is 11.5. The lowest BCUT2D eigenvalue weighted by Gasteiger charge is -2.19. The van der Waals surface area contributed by atoms with Gasteiger partial charge >= 0.3 is 0 Å². The molecular weight excluding hydrogens is 434 g/mol. The molecule has 1 aliphatic heterocycles. The number of fused-ring (bicyclic) bond motifs is 3. The van der Waals surface area contributed by atoms with Crippen LogP contribution in [0.4, 0.5) is 5.82 Å². The van der Waals surface area contributed by atoms with Crippen LogP contribution in [0.5, 0.6) is 5.75 Å². The van der Waals surface area contributed by atoms with E-state index in [2.05, 4.69) is 21.0 Å². The number of hydrogen-bond acceptors (Lipinski definition) is 8. The van der Waals surface area contributed by atoms with Gasteiger partial charge in [-0.05, 0) is 48.9 Å². The lowest BCUT2D eigenvalue weighted by atomic mass is 9.95. The maximum atomic E-state index is 11.7. The van der Waals surface area contributed by atoms with Crippen molar-refractivity contribution in [2.24, 2.45) is 5.92 Å². The first kappa shape index (κ1) is 21.0. The topological polar surface area (TPSA) is 136 Å². The van der Waals surface area contributed by atoms with E-state index >= 15 is 0 Å². The largest absolute Gasteiger partial charge is 0.484 e. The smallest absolute Gasteiger partial charge is 0.176 e. The number of nitrogens with zero attached hydrogens (tertiary/aromatic N) is 4. The van der Waals surface area contributed by atoms with E-state index in [-0.39, 0.29) is 24.3 Å². The van der Waals surface area contributed by atoms with Gasteiger partial charge in [0.2, 0.25) is 0 Å². The summed E-state index contributed by atoms with van der Waals surface area (Å²) in [5.41, 5.74) is 9.22. The van der Waals surface area contributed by atoms with Crippen LogP contribution in [0.15, 0.2) is 42.9 Å². The van der Waals surface area contributed by atoms with Gasteiger partial charge in [0.1, 0.15) is 36.3 Å². The Morgan fingerprint density at radius 3 is 2.91 bits per heavy atom. The number of pyridine rings is 1. The summed E-state index contributed by atoms with van der Waals surface area (Å²) in [6.45, 7) is 0.105. The number of nitrogens with two attached hydrogens (primary N) is 1. The molecule has 4 N–H and O–H groups in total. The zero-order valence-corrected chi connectivity index (χ0v) is 18.5. The minimum atomic E-state index is -0.890. The second-order valence-corrected chi connectivity index (χ2v) is 9.27. The van der Waals surface area contributed by atoms with Gasteiger partial charge in [0.05, 0.1) is 35.2 Å². The average Bonchev–Trinajstić information content (AvgIpc) is 3.38. The normalized spacial score (nSPS) is 24.5. The molecule has 9 heteroatoms. The van der Waals surface area contributed by atoms with Crippen LogP contribution in [0.1, 0.15) is 30.1 Å². The van der Waals surface area contributed by atoms with Crippen LogP contribution in [0.3, 0.4) is 0 Å². The molecule has 4 atom stereocenters. The van der Waals surface area contributed by atoms with Gasteiger partial charge in [-0.1, -0.05) is 12.1 Å². The van der Waals surface area contributed by atoms with Gasteiger partial charge in [0.15, 0.2) is 5.78 Å². The second-order valence-electron chi connectivity index (χ2n) is 9.27. The molecule has 0 amide bonds. The standard InChI is InChI=1S/C25H25N5O4/c26-24-17-5-6-30(25(17)28-12-27-24)20-8-15(22(32)23(20)33)4-2-13-1-3-14-9-21-19(29-18(14)7-13)10-16(31)11-34-21/h1,3,5-7,9,12,15,20,22-23,32-33H,2,4,8,10-11H2,(H2,26,27,28)/t15-,20+,22+,23-/m0/s1. The third-order valence-electron chi connectivity index (χ3n) is 7.15. The summed E-state index contributed by atoms with van der Waals surface area (Å²) < 4.78 is 7.40. The molecule has 4 aromatic rings. The Labute approximate surface area is 195 Å². The maximum Gasteiger partial charge on any atom is 0.176 e. The first-order chi connectivity index (χ1) is 16.5. The number of aliphatic hydroxyl groups excluding tert-OH is 2. The Balaban J connectivity index is 1.20. The van der Waals surface area contributed by atoms with Crippen molar-refractivity contribution in [2.45, 2.75) is 43.9 Å². The number of nitrogen functional groups attached to an aromatic ring is 1. The molecule has 34 heavy (non-hydrogen) atoms. The predicted octanol–water partition coefficient (Wildman–Crippen LogP) is 1.98. The summed E-state index contributed by atoms with van der Waals surface area (Å²) in [6, 6.07) is 9.59. The number of benzene rings is 1. The first-order valence-corrected chi connectivity index (χ1v) is 11.5. The van der Waals surface area contributed by atoms with Gasteiger partial charge in [-0.25, -0.2) is 15.0 Å². The highest BCUT2D eigenvalue weighted by atomic mass is 16.5. The number of aromatic nitrogens is 4. The van der Waals surface area contributed by atoms with Crippen molar-refractivity contribution in [3.8, 4) is 5.75 Å². The number of rotatable bonds is 4. The summed E-state index contributed by atoms with van der Waals surface area (Å²) in [4.78, 5) is 24.7. The lowest BCUT2D eigenvalue weighted by Crippen LogP contribution is -2.29. The SMILES string of the molecule is Nc1ncnc2c1ccn2[C@@H]1C[C@H](CCc2ccc3cc4c(nc3c2)CC(=O)CO4)[C@@H](O)[C@H]1O. The Morgan fingerprint density at radius 1 is 1.15 bits per heavy atom. The van der Waals surface area contributed by atoms with E-state index < -0.39 is 12.2 Å². The highest BCUT2D eigenvalue weighted by Crippen LogP contribution is 2.39. The van der Waals surface area contributed by atoms with Gasteiger partial charge in [0.25, 0.3) is 0 Å². The Kier molecular flexibility index (Phi) is 4.96. The van der Waals surface area contributed by atoms with Crippen LogP contribution in [0.25, 0.3) is 21.9 Å². The Morgan fingerprint density at radius 2 is 2.03 bits per heavy atom. The highest BCUT2D eigenvalue weighted by Gasteiger charge is 2.42. The van der Waals surface area contributed by atoms with Crippen LogP contribution in [-0.2, 0) is 17.6 Å². The molecule has 1 aliphatic carbocycles. The number of Topliss-reactive ketones (excluding diaryl/α,β-unsaturated/α-hetero) is 1. The number of aliphatic hydroxyl groups is 2. The molecule has 1 fully saturated rings. The lowest BCUT2D eigenvalue weighted by molar-refractivity contribution is -0.121. The number of ketones is 1. The number of carbonyl (C=O) groups excluding carboxylic acids is 1. The zero-order valence-electron chi connectivity index (χ0n) is 18.5. The summed E-state index contributed by atoms with van der Waals surface area (Å²) in [5.74, 6) is 1.05. The van der Waals surface area contributed by atoms with E-state index in [1.807, 2.05) is 35.0 Å². The molecule has 0 unspecified atom stereocenters. The Bertz CT molecular complexity index is 1420. The number of anilines is 1. The summed E-state index contributed by atoms with van der Waals surface area (Å²) in [5, 5.41) is 23.3. The number of ether oxygens (including phenoxy) is 1. The fourth-order valence-electron chi connectivity index (χ4n) is 5.31. The molecule has 1 aromatic carbocycles. The van der Waals surface area contributed by atoms with Crippen molar-refractivity contribution in [3.05, 3.63) is 54.1 Å². The highest BCUT2D eigenvalue weighted by molar-refractivity contribution is 5.87. The molecule has 0 spiro atoms. The fourth-order valence-corrected chi connectivity index (χ4v) is 5.31. The second kappa shape index (κ2) is 8.03. The zero-order chi connectivity index (χ0) is 23.4. The van der Waals surface area contributed by atoms with Crippen LogP contribution >= 0.6 is 0 Å². The van der Waals surface area contributed by atoms with Gasteiger partial charge in [-0.3, -0.25) is 4.79 Å². The van der Waals surface area contributed by atoms with Gasteiger partial charge in [-0.15, -0.1) is 0 Å². The third kappa shape index (κ3) is 3.48. The summed E-state index contributed by atoms with van der Waals surface area (Å²) in [7, 11) is 0. The molecular formula is C25H25N5O4. The van der Waals surface area contributed by atoms with Gasteiger partial charge in [-0.2, -0.15) is 0 Å². The molecule has 6 rings (SSSR count). The monoisotopic (exact) mass is 459 g/mol. The molecule has 1 saturated carbocycles. The third-order valence-corrected chi connectivity index (χ3v) is 7.15. The van der Waals surface area contributed by atoms with Crippen LogP contribution in [0.2, 0.25) is 0 Å². The van der Waals surface area contributed by atoms with Crippen LogP contribution in [0, 0.1) is 5.92 Å². The van der Waals surface area contributed by atoms with E-state index in [0.717, 1.165) is 34.7 Å². The molecule has 0 radical (unpaired) electrons.